The molecule has 0 bridgehead atoms. The van der Waals surface area contributed by atoms with E-state index < -0.39 is 0 Å². The fourth-order valence-corrected chi connectivity index (χ4v) is 2.53. The summed E-state index contributed by atoms with van der Waals surface area (Å²) < 4.78 is 11.0. The van der Waals surface area contributed by atoms with Crippen molar-refractivity contribution in [3.8, 4) is 5.75 Å². The Morgan fingerprint density at radius 3 is 2.78 bits per heavy atom. The number of carbonyl (C=O) groups excluding carboxylic acids is 1. The van der Waals surface area contributed by atoms with Crippen molar-refractivity contribution in [1.82, 2.24) is 14.9 Å². The van der Waals surface area contributed by atoms with Crippen LogP contribution in [0.15, 0.2) is 36.7 Å². The first kappa shape index (κ1) is 15.4. The van der Waals surface area contributed by atoms with Gasteiger partial charge in [0.15, 0.2) is 6.10 Å². The fraction of sp³-hybridized carbons (Fsp3) is 0.412. The maximum Gasteiger partial charge on any atom is 0.410 e. The molecular formula is C17H21N3O3. The summed E-state index contributed by atoms with van der Waals surface area (Å²) in [5.74, 6) is 1.71. The van der Waals surface area contributed by atoms with Crippen LogP contribution in [0.1, 0.15) is 25.2 Å². The molecule has 23 heavy (non-hydrogen) atoms. The summed E-state index contributed by atoms with van der Waals surface area (Å²) in [6.45, 7) is 4.89. The van der Waals surface area contributed by atoms with E-state index in [1.54, 1.807) is 11.1 Å². The van der Waals surface area contributed by atoms with Crippen molar-refractivity contribution in [3.05, 3.63) is 48.0 Å². The van der Waals surface area contributed by atoms with Gasteiger partial charge in [-0.2, -0.15) is 0 Å². The second-order valence-electron chi connectivity index (χ2n) is 5.92. The average molecular weight is 315 g/mol. The summed E-state index contributed by atoms with van der Waals surface area (Å²) in [5.41, 5.74) is 1.16. The van der Waals surface area contributed by atoms with Crippen molar-refractivity contribution < 1.29 is 14.3 Å². The molecule has 1 atom stereocenters. The van der Waals surface area contributed by atoms with Crippen molar-refractivity contribution in [3.63, 3.8) is 0 Å². The Kier molecular flexibility index (Phi) is 4.50. The quantitative estimate of drug-likeness (QED) is 0.890. The van der Waals surface area contributed by atoms with Crippen molar-refractivity contribution in [1.29, 1.82) is 0 Å². The molecule has 1 aromatic heterocycles. The van der Waals surface area contributed by atoms with Gasteiger partial charge in [0, 0.05) is 24.9 Å². The summed E-state index contributed by atoms with van der Waals surface area (Å²) in [6.07, 6.45) is 3.85. The van der Waals surface area contributed by atoms with Gasteiger partial charge < -0.3 is 19.4 Å². The first-order valence-corrected chi connectivity index (χ1v) is 7.79. The molecule has 2 aromatic rings. The van der Waals surface area contributed by atoms with Crippen LogP contribution in [0.3, 0.4) is 0 Å². The molecule has 1 N–H and O–H groups in total. The Bertz CT molecular complexity index is 638. The molecule has 0 saturated carbocycles. The van der Waals surface area contributed by atoms with E-state index in [0.29, 0.717) is 13.2 Å². The summed E-state index contributed by atoms with van der Waals surface area (Å²) in [7, 11) is 0. The SMILES string of the molecule is CC(C)N1C[C@@H](COc2ccc(Cc3ncc[nH]3)cc2)OC1=O. The first-order chi connectivity index (χ1) is 11.1. The highest BCUT2D eigenvalue weighted by Gasteiger charge is 2.33. The van der Waals surface area contributed by atoms with Gasteiger partial charge in [0.25, 0.3) is 0 Å². The first-order valence-electron chi connectivity index (χ1n) is 7.79. The van der Waals surface area contributed by atoms with Crippen LogP contribution in [0.2, 0.25) is 0 Å². The Hall–Kier alpha value is -2.50. The number of cyclic esters (lactones) is 1. The van der Waals surface area contributed by atoms with E-state index in [4.69, 9.17) is 9.47 Å². The van der Waals surface area contributed by atoms with Gasteiger partial charge in [0.05, 0.1) is 6.54 Å². The van der Waals surface area contributed by atoms with Crippen LogP contribution in [0, 0.1) is 0 Å². The molecule has 1 amide bonds. The predicted molar refractivity (Wildman–Crippen MR) is 85.4 cm³/mol. The zero-order chi connectivity index (χ0) is 16.2. The molecule has 1 aromatic carbocycles. The number of rotatable bonds is 6. The van der Waals surface area contributed by atoms with Gasteiger partial charge in [-0.1, -0.05) is 12.1 Å². The number of nitrogens with zero attached hydrogens (tertiary/aromatic N) is 2. The molecule has 0 spiro atoms. The van der Waals surface area contributed by atoms with E-state index in [1.165, 1.54) is 0 Å². The number of aromatic amines is 1. The third-order valence-corrected chi connectivity index (χ3v) is 3.81. The minimum atomic E-state index is -0.262. The van der Waals surface area contributed by atoms with E-state index in [9.17, 15) is 4.79 Å². The van der Waals surface area contributed by atoms with Crippen LogP contribution in [0.25, 0.3) is 0 Å². The lowest BCUT2D eigenvalue weighted by atomic mass is 10.1. The lowest BCUT2D eigenvalue weighted by Gasteiger charge is -2.16. The van der Waals surface area contributed by atoms with Crippen LogP contribution in [0.5, 0.6) is 5.75 Å². The molecular weight excluding hydrogens is 294 g/mol. The Labute approximate surface area is 135 Å². The lowest BCUT2D eigenvalue weighted by molar-refractivity contribution is 0.102. The van der Waals surface area contributed by atoms with Crippen molar-refractivity contribution in [2.75, 3.05) is 13.2 Å². The highest BCUT2D eigenvalue weighted by molar-refractivity contribution is 5.70. The molecule has 1 saturated heterocycles. The highest BCUT2D eigenvalue weighted by Crippen LogP contribution is 2.18. The van der Waals surface area contributed by atoms with Crippen molar-refractivity contribution in [2.45, 2.75) is 32.4 Å². The number of hydrogen-bond donors (Lipinski definition) is 1. The largest absolute Gasteiger partial charge is 0.490 e. The number of ether oxygens (including phenoxy) is 2. The fourth-order valence-electron chi connectivity index (χ4n) is 2.53. The van der Waals surface area contributed by atoms with Crippen LogP contribution >= 0.6 is 0 Å². The molecule has 0 radical (unpaired) electrons. The van der Waals surface area contributed by atoms with Gasteiger partial charge >= 0.3 is 6.09 Å². The number of benzene rings is 1. The summed E-state index contributed by atoms with van der Waals surface area (Å²) in [4.78, 5) is 20.7. The smallest absolute Gasteiger partial charge is 0.410 e. The van der Waals surface area contributed by atoms with Crippen molar-refractivity contribution >= 4 is 6.09 Å². The molecule has 1 aliphatic rings. The number of carbonyl (C=O) groups is 1. The standard InChI is InChI=1S/C17H21N3O3/c1-12(2)20-10-15(23-17(20)21)11-22-14-5-3-13(4-6-14)9-16-18-7-8-19-16/h3-8,12,15H,9-11H2,1-2H3,(H,18,19)/t15-/m0/s1. The summed E-state index contributed by atoms with van der Waals surface area (Å²) >= 11 is 0. The maximum absolute atomic E-state index is 11.7. The molecule has 2 heterocycles. The molecule has 6 nitrogen and oxygen atoms in total. The molecule has 3 rings (SSSR count). The van der Waals surface area contributed by atoms with Gasteiger partial charge in [-0.15, -0.1) is 0 Å². The maximum atomic E-state index is 11.7. The van der Waals surface area contributed by atoms with Gasteiger partial charge in [-0.25, -0.2) is 9.78 Å². The summed E-state index contributed by atoms with van der Waals surface area (Å²) in [6, 6.07) is 8.02. The molecule has 0 aliphatic carbocycles. The Morgan fingerprint density at radius 2 is 2.17 bits per heavy atom. The van der Waals surface area contributed by atoms with E-state index in [0.717, 1.165) is 23.6 Å². The number of nitrogens with one attached hydrogen (secondary N) is 1. The van der Waals surface area contributed by atoms with Crippen LogP contribution in [0.4, 0.5) is 4.79 Å². The Morgan fingerprint density at radius 1 is 1.39 bits per heavy atom. The average Bonchev–Trinajstić information content (AvgIpc) is 3.16. The zero-order valence-electron chi connectivity index (χ0n) is 13.4. The van der Waals surface area contributed by atoms with Crippen LogP contribution in [-0.2, 0) is 11.2 Å². The normalized spacial score (nSPS) is 17.6. The van der Waals surface area contributed by atoms with E-state index in [1.807, 2.05) is 44.3 Å². The van der Waals surface area contributed by atoms with Crippen LogP contribution < -0.4 is 4.74 Å². The molecule has 1 fully saturated rings. The number of H-pyrrole nitrogens is 1. The van der Waals surface area contributed by atoms with Crippen molar-refractivity contribution in [2.24, 2.45) is 0 Å². The Balaban J connectivity index is 1.50. The second kappa shape index (κ2) is 6.73. The molecule has 122 valence electrons. The van der Waals surface area contributed by atoms with E-state index in [-0.39, 0.29) is 18.2 Å². The van der Waals surface area contributed by atoms with Gasteiger partial charge in [-0.3, -0.25) is 0 Å². The van der Waals surface area contributed by atoms with Gasteiger partial charge in [0.2, 0.25) is 0 Å². The lowest BCUT2D eigenvalue weighted by Crippen LogP contribution is -2.32. The topological polar surface area (TPSA) is 67.4 Å². The number of hydrogen-bond acceptors (Lipinski definition) is 4. The molecule has 1 aliphatic heterocycles. The predicted octanol–water partition coefficient (Wildman–Crippen LogP) is 2.61. The minimum absolute atomic E-state index is 0.147. The van der Waals surface area contributed by atoms with E-state index >= 15 is 0 Å². The van der Waals surface area contributed by atoms with E-state index in [2.05, 4.69) is 9.97 Å². The van der Waals surface area contributed by atoms with Gasteiger partial charge in [0.1, 0.15) is 18.2 Å². The van der Waals surface area contributed by atoms with Crippen LogP contribution in [-0.4, -0.2) is 46.3 Å². The second-order valence-corrected chi connectivity index (χ2v) is 5.92. The number of imidazole rings is 1. The highest BCUT2D eigenvalue weighted by atomic mass is 16.6. The minimum Gasteiger partial charge on any atom is -0.490 e. The number of amides is 1. The zero-order valence-corrected chi connectivity index (χ0v) is 13.4. The summed E-state index contributed by atoms with van der Waals surface area (Å²) in [5, 5.41) is 0. The molecule has 6 heteroatoms. The van der Waals surface area contributed by atoms with Gasteiger partial charge in [-0.05, 0) is 31.5 Å². The molecule has 0 unspecified atom stereocenters. The number of aromatic nitrogens is 2. The monoisotopic (exact) mass is 315 g/mol. The third kappa shape index (κ3) is 3.83. The third-order valence-electron chi connectivity index (χ3n) is 3.81.